The zero-order valence-electron chi connectivity index (χ0n) is 21.2. The molecule has 194 valence electrons. The summed E-state index contributed by atoms with van der Waals surface area (Å²) >= 11 is 6.30. The van der Waals surface area contributed by atoms with E-state index in [0.717, 1.165) is 31.3 Å². The molecule has 1 aromatic carbocycles. The number of halogens is 1. The number of rotatable bonds is 6. The molecule has 0 saturated heterocycles. The number of hydrogen-bond donors (Lipinski definition) is 2. The van der Waals surface area contributed by atoms with Crippen molar-refractivity contribution in [2.75, 3.05) is 0 Å². The van der Waals surface area contributed by atoms with Gasteiger partial charge in [0.15, 0.2) is 0 Å². The van der Waals surface area contributed by atoms with Crippen molar-refractivity contribution in [3.63, 3.8) is 0 Å². The molecule has 0 aromatic heterocycles. The minimum atomic E-state index is -3.69. The monoisotopic (exact) mass is 528 g/mol. The van der Waals surface area contributed by atoms with Crippen molar-refractivity contribution in [2.24, 2.45) is 17.3 Å². The van der Waals surface area contributed by atoms with Gasteiger partial charge in [-0.25, -0.2) is 8.42 Å². The molecular formula is C30H37ClO4S. The van der Waals surface area contributed by atoms with Crippen LogP contribution in [0.3, 0.4) is 0 Å². The molecule has 0 unspecified atom stereocenters. The second-order valence-electron chi connectivity index (χ2n) is 10.7. The minimum absolute atomic E-state index is 0.0310. The number of benzene rings is 1. The van der Waals surface area contributed by atoms with E-state index >= 15 is 0 Å². The lowest BCUT2D eigenvalue weighted by Crippen LogP contribution is -2.32. The van der Waals surface area contributed by atoms with E-state index in [4.69, 9.17) is 11.6 Å². The van der Waals surface area contributed by atoms with Crippen LogP contribution in [-0.4, -0.2) is 30.8 Å². The van der Waals surface area contributed by atoms with E-state index in [9.17, 15) is 18.6 Å². The number of aliphatic hydroxyl groups excluding tert-OH is 2. The maximum Gasteiger partial charge on any atom is 0.216 e. The molecular weight excluding hydrogens is 492 g/mol. The van der Waals surface area contributed by atoms with Crippen LogP contribution in [0.25, 0.3) is 0 Å². The smallest absolute Gasteiger partial charge is 0.216 e. The Balaban J connectivity index is 1.49. The average molecular weight is 529 g/mol. The first kappa shape index (κ1) is 27.1. The van der Waals surface area contributed by atoms with Crippen LogP contribution in [0.1, 0.15) is 58.8 Å². The standard InChI is InChI=1S/C30H37ClO4S/c1-20(11-16-29(31)36(34,35)25-9-5-4-6-10-25)26-14-15-27-22(8-7-17-30(26,27)3)12-13-23-18-24(32)19-28(33)21(23)2/h4-6,9-10,12-14,16,20,24,27-28,32-33H,2,7-8,11,15,17-19H2,1,3H3/b22-12+,23-13-,29-16+/t20-,24-,27+,28+,30-/m1/s1. The average Bonchev–Trinajstić information content (AvgIpc) is 3.21. The van der Waals surface area contributed by atoms with Crippen LogP contribution in [0.2, 0.25) is 0 Å². The number of aliphatic hydroxyl groups is 2. The molecule has 3 aliphatic rings. The summed E-state index contributed by atoms with van der Waals surface area (Å²) in [7, 11) is -3.69. The van der Waals surface area contributed by atoms with Gasteiger partial charge in [-0.2, -0.15) is 0 Å². The summed E-state index contributed by atoms with van der Waals surface area (Å²) in [5.74, 6) is 0.584. The van der Waals surface area contributed by atoms with E-state index in [-0.39, 0.29) is 20.6 Å². The highest BCUT2D eigenvalue weighted by Crippen LogP contribution is 2.57. The third-order valence-electron chi connectivity index (χ3n) is 8.35. The predicted molar refractivity (Wildman–Crippen MR) is 146 cm³/mol. The Morgan fingerprint density at radius 3 is 2.69 bits per heavy atom. The van der Waals surface area contributed by atoms with Crippen LogP contribution in [0.4, 0.5) is 0 Å². The largest absolute Gasteiger partial charge is 0.393 e. The van der Waals surface area contributed by atoms with E-state index in [1.807, 2.05) is 6.08 Å². The van der Waals surface area contributed by atoms with Crippen molar-refractivity contribution in [1.82, 2.24) is 0 Å². The van der Waals surface area contributed by atoms with Crippen molar-refractivity contribution < 1.29 is 18.6 Å². The Hall–Kier alpha value is -1.92. The number of sulfone groups is 1. The highest BCUT2D eigenvalue weighted by Gasteiger charge is 2.45. The molecule has 3 aliphatic carbocycles. The minimum Gasteiger partial charge on any atom is -0.393 e. The van der Waals surface area contributed by atoms with Gasteiger partial charge in [0, 0.05) is 6.42 Å². The van der Waals surface area contributed by atoms with E-state index in [0.29, 0.717) is 30.8 Å². The van der Waals surface area contributed by atoms with Crippen LogP contribution in [0.15, 0.2) is 92.8 Å². The quantitative estimate of drug-likeness (QED) is 0.406. The van der Waals surface area contributed by atoms with Crippen molar-refractivity contribution in [3.05, 3.63) is 87.9 Å². The summed E-state index contributed by atoms with van der Waals surface area (Å²) in [6, 6.07) is 8.31. The van der Waals surface area contributed by atoms with E-state index < -0.39 is 22.0 Å². The van der Waals surface area contributed by atoms with Crippen molar-refractivity contribution in [3.8, 4) is 0 Å². The molecule has 2 N–H and O–H groups in total. The number of allylic oxidation sites excluding steroid dienone is 6. The predicted octanol–water partition coefficient (Wildman–Crippen LogP) is 6.63. The third-order valence-corrected chi connectivity index (χ3v) is 10.7. The fraction of sp³-hybridized carbons (Fsp3) is 0.467. The summed E-state index contributed by atoms with van der Waals surface area (Å²) < 4.78 is 25.5. The molecule has 4 nitrogen and oxygen atoms in total. The van der Waals surface area contributed by atoms with Crippen molar-refractivity contribution in [2.45, 2.75) is 75.9 Å². The molecule has 5 atom stereocenters. The Kier molecular flexibility index (Phi) is 8.16. The highest BCUT2D eigenvalue weighted by atomic mass is 35.5. The lowest BCUT2D eigenvalue weighted by Gasteiger charge is -2.42. The molecule has 1 aromatic rings. The SMILES string of the molecule is C=C1/C(=C\C=C2/CCC[C@]3(C)C([C@H](C)C/C=C(\Cl)S(=O)(=O)c4ccccc4)=CC[C@@H]23)C[C@@H](O)C[C@@H]1O. The Morgan fingerprint density at radius 1 is 1.25 bits per heavy atom. The highest BCUT2D eigenvalue weighted by molar-refractivity contribution is 7.96. The Bertz CT molecular complexity index is 1220. The number of hydrogen-bond acceptors (Lipinski definition) is 4. The van der Waals surface area contributed by atoms with Crippen LogP contribution >= 0.6 is 11.6 Å². The van der Waals surface area contributed by atoms with E-state index in [1.54, 1.807) is 36.4 Å². The fourth-order valence-corrected chi connectivity index (χ4v) is 7.71. The van der Waals surface area contributed by atoms with E-state index in [2.05, 4.69) is 32.6 Å². The summed E-state index contributed by atoms with van der Waals surface area (Å²) in [4.78, 5) is 0.211. The lowest BCUT2D eigenvalue weighted by molar-refractivity contribution is 0.0862. The van der Waals surface area contributed by atoms with Gasteiger partial charge in [0.2, 0.25) is 9.84 Å². The van der Waals surface area contributed by atoms with Gasteiger partial charge in [0.25, 0.3) is 0 Å². The first-order chi connectivity index (χ1) is 17.0. The summed E-state index contributed by atoms with van der Waals surface area (Å²) in [6.45, 7) is 8.53. The molecule has 2 saturated carbocycles. The van der Waals surface area contributed by atoms with Gasteiger partial charge in [-0.15, -0.1) is 0 Å². The fourth-order valence-electron chi connectivity index (χ4n) is 6.30. The molecule has 4 rings (SSSR count). The molecule has 0 aliphatic heterocycles. The maximum atomic E-state index is 12.8. The van der Waals surface area contributed by atoms with Crippen LogP contribution in [0.5, 0.6) is 0 Å². The normalized spacial score (nSPS) is 32.5. The van der Waals surface area contributed by atoms with Crippen LogP contribution in [0, 0.1) is 17.3 Å². The molecule has 2 fully saturated rings. The molecule has 0 heterocycles. The van der Waals surface area contributed by atoms with Crippen LogP contribution < -0.4 is 0 Å². The topological polar surface area (TPSA) is 74.6 Å². The molecule has 36 heavy (non-hydrogen) atoms. The van der Waals surface area contributed by atoms with Crippen molar-refractivity contribution in [1.29, 1.82) is 0 Å². The molecule has 0 bridgehead atoms. The van der Waals surface area contributed by atoms with Gasteiger partial charge < -0.3 is 10.2 Å². The second-order valence-corrected chi connectivity index (χ2v) is 13.3. The summed E-state index contributed by atoms with van der Waals surface area (Å²) in [6.07, 6.45) is 12.7. The molecule has 0 amide bonds. The summed E-state index contributed by atoms with van der Waals surface area (Å²) in [5, 5.41) is 20.2. The van der Waals surface area contributed by atoms with Gasteiger partial charge in [-0.05, 0) is 79.1 Å². The molecule has 6 heteroatoms. The Morgan fingerprint density at radius 2 is 1.97 bits per heavy atom. The zero-order valence-corrected chi connectivity index (χ0v) is 22.7. The first-order valence-electron chi connectivity index (χ1n) is 12.8. The van der Waals surface area contributed by atoms with E-state index in [1.165, 1.54) is 11.1 Å². The number of fused-ring (bicyclic) bond motifs is 1. The third kappa shape index (κ3) is 5.35. The lowest BCUT2D eigenvalue weighted by atomic mass is 9.62. The van der Waals surface area contributed by atoms with Crippen molar-refractivity contribution >= 4 is 21.4 Å². The van der Waals surface area contributed by atoms with Gasteiger partial charge in [-0.1, -0.05) is 85.7 Å². The molecule has 0 radical (unpaired) electrons. The zero-order chi connectivity index (χ0) is 26.1. The first-order valence-corrected chi connectivity index (χ1v) is 14.7. The summed E-state index contributed by atoms with van der Waals surface area (Å²) in [5.41, 5.74) is 4.46. The van der Waals surface area contributed by atoms with Gasteiger partial charge >= 0.3 is 0 Å². The second kappa shape index (κ2) is 10.8. The maximum absolute atomic E-state index is 12.8. The molecule has 0 spiro atoms. The van der Waals surface area contributed by atoms with Gasteiger partial charge in [-0.3, -0.25) is 0 Å². The van der Waals surface area contributed by atoms with Gasteiger partial charge in [0.05, 0.1) is 17.1 Å². The Labute approximate surface area is 220 Å². The van der Waals surface area contributed by atoms with Crippen LogP contribution in [-0.2, 0) is 9.84 Å². The van der Waals surface area contributed by atoms with Gasteiger partial charge in [0.1, 0.15) is 4.36 Å².